The molecule has 1 aromatic carbocycles. The van der Waals surface area contributed by atoms with Gasteiger partial charge in [0.05, 0.1) is 16.9 Å². The number of benzene rings is 1. The van der Waals surface area contributed by atoms with Crippen LogP contribution in [0.4, 0.5) is 29.8 Å². The zero-order valence-corrected chi connectivity index (χ0v) is 15.4. The van der Waals surface area contributed by atoms with E-state index in [9.17, 15) is 13.2 Å². The first-order valence-corrected chi connectivity index (χ1v) is 9.00. The number of anilines is 3. The molecule has 0 saturated heterocycles. The molecule has 0 bridgehead atoms. The lowest BCUT2D eigenvalue weighted by atomic mass is 10.2. The van der Waals surface area contributed by atoms with Crippen molar-refractivity contribution in [1.29, 1.82) is 0 Å². The van der Waals surface area contributed by atoms with E-state index in [2.05, 4.69) is 25.3 Å². The molecular weight excluding hydrogens is 413 g/mol. The number of aromatic nitrogens is 4. The molecule has 28 heavy (non-hydrogen) atoms. The minimum absolute atomic E-state index is 0.286. The third-order valence-electron chi connectivity index (χ3n) is 3.71. The molecule has 0 atom stereocenters. The lowest BCUT2D eigenvalue weighted by Gasteiger charge is -2.10. The number of nitrogens with two attached hydrogens (primary N) is 1. The highest BCUT2D eigenvalue weighted by Gasteiger charge is 2.32. The summed E-state index contributed by atoms with van der Waals surface area (Å²) < 4.78 is 38.1. The Kier molecular flexibility index (Phi) is 4.52. The Morgan fingerprint density at radius 2 is 1.82 bits per heavy atom. The SMILES string of the molecule is Nc1nc2c(Nc3ccc(C(F)(F)F)nc3)nc(-c3ccccc3Cl)nc2s1. The van der Waals surface area contributed by atoms with Crippen molar-refractivity contribution >= 4 is 49.9 Å². The van der Waals surface area contributed by atoms with Crippen LogP contribution in [0.1, 0.15) is 5.69 Å². The maximum Gasteiger partial charge on any atom is 0.433 e. The molecule has 4 rings (SSSR count). The maximum absolute atomic E-state index is 12.7. The van der Waals surface area contributed by atoms with Gasteiger partial charge in [0.2, 0.25) is 0 Å². The van der Waals surface area contributed by atoms with E-state index in [0.29, 0.717) is 32.4 Å². The van der Waals surface area contributed by atoms with Crippen LogP contribution in [0.3, 0.4) is 0 Å². The normalized spacial score (nSPS) is 11.7. The molecule has 6 nitrogen and oxygen atoms in total. The van der Waals surface area contributed by atoms with Gasteiger partial charge in [-0.2, -0.15) is 13.2 Å². The summed E-state index contributed by atoms with van der Waals surface area (Å²) >= 11 is 7.40. The van der Waals surface area contributed by atoms with Gasteiger partial charge in [-0.3, -0.25) is 0 Å². The number of pyridine rings is 1. The van der Waals surface area contributed by atoms with Crippen molar-refractivity contribution in [2.45, 2.75) is 6.18 Å². The molecule has 11 heteroatoms. The number of nitrogens with zero attached hydrogens (tertiary/aromatic N) is 4. The molecule has 3 heterocycles. The van der Waals surface area contributed by atoms with Gasteiger partial charge in [0.1, 0.15) is 11.2 Å². The predicted molar refractivity (Wildman–Crippen MR) is 103 cm³/mol. The highest BCUT2D eigenvalue weighted by molar-refractivity contribution is 7.21. The van der Waals surface area contributed by atoms with Crippen molar-refractivity contribution in [2.75, 3.05) is 11.1 Å². The Morgan fingerprint density at radius 1 is 1.04 bits per heavy atom. The smallest absolute Gasteiger partial charge is 0.375 e. The number of nitrogen functional groups attached to an aromatic ring is 1. The lowest BCUT2D eigenvalue weighted by molar-refractivity contribution is -0.141. The number of halogens is 4. The molecule has 0 amide bonds. The van der Waals surface area contributed by atoms with E-state index in [0.717, 1.165) is 12.3 Å². The van der Waals surface area contributed by atoms with Crippen LogP contribution in [0, 0.1) is 0 Å². The van der Waals surface area contributed by atoms with Crippen molar-refractivity contribution in [3.05, 3.63) is 53.3 Å². The Morgan fingerprint density at radius 3 is 2.50 bits per heavy atom. The topological polar surface area (TPSA) is 89.6 Å². The monoisotopic (exact) mass is 422 g/mol. The third kappa shape index (κ3) is 3.56. The van der Waals surface area contributed by atoms with E-state index < -0.39 is 11.9 Å². The summed E-state index contributed by atoms with van der Waals surface area (Å²) in [4.78, 5) is 17.0. The molecular formula is C17H10ClF3N6S. The second-order valence-corrected chi connectivity index (χ2v) is 7.05. The van der Waals surface area contributed by atoms with Gasteiger partial charge in [-0.25, -0.2) is 19.9 Å². The van der Waals surface area contributed by atoms with Crippen molar-refractivity contribution in [3.8, 4) is 11.4 Å². The van der Waals surface area contributed by atoms with E-state index in [1.165, 1.54) is 17.4 Å². The fraction of sp³-hybridized carbons (Fsp3) is 0.0588. The second-order valence-electron chi connectivity index (χ2n) is 5.64. The van der Waals surface area contributed by atoms with Crippen molar-refractivity contribution in [2.24, 2.45) is 0 Å². The highest BCUT2D eigenvalue weighted by atomic mass is 35.5. The number of hydrogen-bond acceptors (Lipinski definition) is 7. The van der Waals surface area contributed by atoms with Crippen molar-refractivity contribution < 1.29 is 13.2 Å². The largest absolute Gasteiger partial charge is 0.433 e. The summed E-state index contributed by atoms with van der Waals surface area (Å²) in [5.74, 6) is 0.624. The molecule has 142 valence electrons. The van der Waals surface area contributed by atoms with Crippen LogP contribution in [-0.4, -0.2) is 19.9 Å². The van der Waals surface area contributed by atoms with Crippen LogP contribution < -0.4 is 11.1 Å². The van der Waals surface area contributed by atoms with Crippen LogP contribution in [0.25, 0.3) is 21.7 Å². The average molecular weight is 423 g/mol. The number of nitrogens with one attached hydrogen (secondary N) is 1. The maximum atomic E-state index is 12.7. The molecule has 3 N–H and O–H groups in total. The minimum atomic E-state index is -4.51. The molecule has 0 radical (unpaired) electrons. The van der Waals surface area contributed by atoms with Gasteiger partial charge >= 0.3 is 6.18 Å². The first-order chi connectivity index (χ1) is 13.3. The summed E-state index contributed by atoms with van der Waals surface area (Å²) in [6.07, 6.45) is -3.44. The number of fused-ring (bicyclic) bond motifs is 1. The quantitative estimate of drug-likeness (QED) is 0.474. The highest BCUT2D eigenvalue weighted by Crippen LogP contribution is 2.34. The molecule has 4 aromatic rings. The number of alkyl halides is 3. The molecule has 3 aromatic heterocycles. The summed E-state index contributed by atoms with van der Waals surface area (Å²) in [6.45, 7) is 0. The van der Waals surface area contributed by atoms with Gasteiger partial charge in [-0.15, -0.1) is 0 Å². The minimum Gasteiger partial charge on any atom is -0.375 e. The lowest BCUT2D eigenvalue weighted by Crippen LogP contribution is -2.08. The van der Waals surface area contributed by atoms with E-state index in [-0.39, 0.29) is 10.9 Å². The van der Waals surface area contributed by atoms with Gasteiger partial charge in [0, 0.05) is 5.56 Å². The Hall–Kier alpha value is -2.98. The molecule has 0 aliphatic heterocycles. The molecule has 0 saturated carbocycles. The Bertz CT molecular complexity index is 1160. The fourth-order valence-corrected chi connectivity index (χ4v) is 3.39. The van der Waals surface area contributed by atoms with Crippen LogP contribution in [0.5, 0.6) is 0 Å². The summed E-state index contributed by atoms with van der Waals surface area (Å²) in [5, 5.41) is 3.68. The molecule has 0 spiro atoms. The first kappa shape index (κ1) is 18.4. The fourth-order valence-electron chi connectivity index (χ4n) is 2.46. The van der Waals surface area contributed by atoms with Gasteiger partial charge in [-0.1, -0.05) is 35.1 Å². The number of thiazole rings is 1. The Labute approximate surface area is 165 Å². The zero-order valence-electron chi connectivity index (χ0n) is 13.8. The summed E-state index contributed by atoms with van der Waals surface area (Å²) in [5.41, 5.74) is 6.12. The van der Waals surface area contributed by atoms with E-state index in [4.69, 9.17) is 17.3 Å². The van der Waals surface area contributed by atoms with E-state index in [1.807, 2.05) is 0 Å². The van der Waals surface area contributed by atoms with Gasteiger partial charge < -0.3 is 11.1 Å². The average Bonchev–Trinajstić information content (AvgIpc) is 3.02. The summed E-state index contributed by atoms with van der Waals surface area (Å²) in [6, 6.07) is 9.18. The third-order valence-corrected chi connectivity index (χ3v) is 4.81. The first-order valence-electron chi connectivity index (χ1n) is 7.80. The number of rotatable bonds is 3. The molecule has 0 aliphatic carbocycles. The zero-order chi connectivity index (χ0) is 19.9. The van der Waals surface area contributed by atoms with Crippen LogP contribution in [0.15, 0.2) is 42.6 Å². The second kappa shape index (κ2) is 6.88. The number of hydrogen-bond donors (Lipinski definition) is 2. The van der Waals surface area contributed by atoms with Crippen LogP contribution in [0.2, 0.25) is 5.02 Å². The predicted octanol–water partition coefficient (Wildman–Crippen LogP) is 5.15. The van der Waals surface area contributed by atoms with E-state index >= 15 is 0 Å². The van der Waals surface area contributed by atoms with Gasteiger partial charge in [-0.05, 0) is 24.3 Å². The van der Waals surface area contributed by atoms with Crippen molar-refractivity contribution in [3.63, 3.8) is 0 Å². The van der Waals surface area contributed by atoms with Crippen LogP contribution >= 0.6 is 22.9 Å². The molecule has 0 aliphatic rings. The van der Waals surface area contributed by atoms with Gasteiger partial charge in [0.25, 0.3) is 0 Å². The molecule has 0 fully saturated rings. The van der Waals surface area contributed by atoms with Gasteiger partial charge in [0.15, 0.2) is 21.6 Å². The molecule has 0 unspecified atom stereocenters. The Balaban J connectivity index is 1.78. The van der Waals surface area contributed by atoms with E-state index in [1.54, 1.807) is 24.3 Å². The standard InChI is InChI=1S/C17H10ClF3N6S/c18-10-4-2-1-3-9(10)13-26-14(12-15(27-13)28-16(22)25-12)24-8-5-6-11(23-7-8)17(19,20)21/h1-7H,(H2,22,25)(H,24,26,27). The van der Waals surface area contributed by atoms with Crippen LogP contribution in [-0.2, 0) is 6.18 Å². The summed E-state index contributed by atoms with van der Waals surface area (Å²) in [7, 11) is 0. The van der Waals surface area contributed by atoms with Crippen molar-refractivity contribution in [1.82, 2.24) is 19.9 Å².